The predicted molar refractivity (Wildman–Crippen MR) is 30.0 cm³/mol. The summed E-state index contributed by atoms with van der Waals surface area (Å²) in [6, 6.07) is 0. The number of carbonyl (C=O) groups is 2. The minimum Gasteiger partial charge on any atom is -0.742 e. The number of hydrogen-bond donors (Lipinski definition) is 0. The van der Waals surface area contributed by atoms with Crippen LogP contribution in [0.4, 0.5) is 0 Å². The first-order valence-corrected chi connectivity index (χ1v) is 3.81. The van der Waals surface area contributed by atoms with E-state index in [0.717, 1.165) is 0 Å². The minimum absolute atomic E-state index is 0. The third-order valence-corrected chi connectivity index (χ3v) is 1.51. The van der Waals surface area contributed by atoms with Crippen molar-refractivity contribution in [2.24, 2.45) is 0 Å². The molecule has 0 unspecified atom stereocenters. The zero-order valence-electron chi connectivity index (χ0n) is 5.94. The van der Waals surface area contributed by atoms with Gasteiger partial charge in [0.05, 0.1) is 0 Å². The van der Waals surface area contributed by atoms with Gasteiger partial charge in [-0.05, 0) is 0 Å². The Morgan fingerprint density at radius 2 is 1.91 bits per heavy atom. The second-order valence-electron chi connectivity index (χ2n) is 1.53. The van der Waals surface area contributed by atoms with Crippen LogP contribution in [-0.4, -0.2) is 24.4 Å². The summed E-state index contributed by atoms with van der Waals surface area (Å²) in [6.07, 6.45) is -0.362. The fourth-order valence-corrected chi connectivity index (χ4v) is 0.670. The van der Waals surface area contributed by atoms with E-state index in [0.29, 0.717) is 6.29 Å². The minimum atomic E-state index is -4.82. The molecule has 5 nitrogen and oxygen atoms in total. The van der Waals surface area contributed by atoms with Gasteiger partial charge in [0.15, 0.2) is 10.1 Å². The summed E-state index contributed by atoms with van der Waals surface area (Å²) in [6.45, 7) is 0. The first-order valence-electron chi connectivity index (χ1n) is 2.41. The van der Waals surface area contributed by atoms with Gasteiger partial charge in [-0.1, -0.05) is 0 Å². The Morgan fingerprint density at radius 3 is 2.18 bits per heavy atom. The third kappa shape index (κ3) is 6.64. The van der Waals surface area contributed by atoms with Gasteiger partial charge in [-0.15, -0.1) is 0 Å². The average molecular weight is 188 g/mol. The van der Waals surface area contributed by atoms with Gasteiger partial charge in [0.1, 0.15) is 6.29 Å². The van der Waals surface area contributed by atoms with E-state index in [-0.39, 0.29) is 36.0 Å². The van der Waals surface area contributed by atoms with Crippen LogP contribution < -0.4 is 29.6 Å². The SMILES string of the molecule is O=CCCC(=O)S(=O)(=O)[O-].[Na+]. The van der Waals surface area contributed by atoms with Gasteiger partial charge in [0, 0.05) is 12.8 Å². The fourth-order valence-electron chi connectivity index (χ4n) is 0.302. The quantitative estimate of drug-likeness (QED) is 0.256. The van der Waals surface area contributed by atoms with E-state index in [1.54, 1.807) is 0 Å². The monoisotopic (exact) mass is 188 g/mol. The van der Waals surface area contributed by atoms with Gasteiger partial charge in [-0.25, -0.2) is 8.42 Å². The molecule has 0 aromatic rings. The molecule has 0 aliphatic rings. The summed E-state index contributed by atoms with van der Waals surface area (Å²) in [5.41, 5.74) is 0. The standard InChI is InChI=1S/C4H6O5S.Na/c5-3-1-2-4(6)10(7,8)9;/h3H,1-2H2,(H,7,8,9);/q;+1/p-1. The molecule has 0 radical (unpaired) electrons. The molecule has 0 fully saturated rings. The van der Waals surface area contributed by atoms with Crippen molar-refractivity contribution in [3.05, 3.63) is 0 Å². The van der Waals surface area contributed by atoms with Crippen molar-refractivity contribution in [1.29, 1.82) is 0 Å². The second-order valence-corrected chi connectivity index (χ2v) is 2.90. The molecule has 0 aromatic heterocycles. The van der Waals surface area contributed by atoms with Crippen LogP contribution in [0.25, 0.3) is 0 Å². The van der Waals surface area contributed by atoms with Gasteiger partial charge in [-0.3, -0.25) is 4.79 Å². The molecule has 0 atom stereocenters. The van der Waals surface area contributed by atoms with Crippen molar-refractivity contribution < 1.29 is 52.1 Å². The van der Waals surface area contributed by atoms with Gasteiger partial charge < -0.3 is 9.35 Å². The van der Waals surface area contributed by atoms with Crippen molar-refractivity contribution in [3.63, 3.8) is 0 Å². The van der Waals surface area contributed by atoms with Crippen molar-refractivity contribution in [3.8, 4) is 0 Å². The second kappa shape index (κ2) is 5.84. The number of aldehydes is 1. The van der Waals surface area contributed by atoms with E-state index in [4.69, 9.17) is 0 Å². The summed E-state index contributed by atoms with van der Waals surface area (Å²) in [5, 5.41) is -1.43. The van der Waals surface area contributed by atoms with E-state index in [2.05, 4.69) is 0 Å². The first-order chi connectivity index (χ1) is 4.48. The third-order valence-electron chi connectivity index (χ3n) is 0.745. The smallest absolute Gasteiger partial charge is 0.742 e. The predicted octanol–water partition coefficient (Wildman–Crippen LogP) is -3.96. The van der Waals surface area contributed by atoms with Gasteiger partial charge in [0.2, 0.25) is 5.12 Å². The van der Waals surface area contributed by atoms with Crippen LogP contribution in [-0.2, 0) is 19.7 Å². The topological polar surface area (TPSA) is 91.3 Å². The maximum Gasteiger partial charge on any atom is 1.00 e. The molecule has 0 N–H and O–H groups in total. The normalized spacial score (nSPS) is 9.91. The molecular formula is C4H5NaO5S. The first kappa shape index (κ1) is 13.8. The summed E-state index contributed by atoms with van der Waals surface area (Å²) in [5.74, 6) is 0. The molecule has 0 spiro atoms. The molecule has 0 heterocycles. The van der Waals surface area contributed by atoms with Crippen molar-refractivity contribution >= 4 is 21.5 Å². The Morgan fingerprint density at radius 1 is 1.45 bits per heavy atom. The van der Waals surface area contributed by atoms with E-state index in [9.17, 15) is 22.6 Å². The molecule has 0 aromatic carbocycles. The van der Waals surface area contributed by atoms with Crippen molar-refractivity contribution in [2.45, 2.75) is 12.8 Å². The molecule has 58 valence electrons. The van der Waals surface area contributed by atoms with Crippen LogP contribution in [0.15, 0.2) is 0 Å². The average Bonchev–Trinajstić information content (AvgIpc) is 1.80. The molecule has 0 amide bonds. The van der Waals surface area contributed by atoms with E-state index < -0.39 is 21.7 Å². The Kier molecular flexibility index (Phi) is 7.34. The van der Waals surface area contributed by atoms with Crippen LogP contribution in [0.2, 0.25) is 0 Å². The number of hydrogen-bond acceptors (Lipinski definition) is 5. The molecular weight excluding hydrogens is 183 g/mol. The van der Waals surface area contributed by atoms with Crippen LogP contribution in [0.5, 0.6) is 0 Å². The van der Waals surface area contributed by atoms with E-state index in [1.165, 1.54) is 0 Å². The van der Waals surface area contributed by atoms with E-state index in [1.807, 2.05) is 0 Å². The van der Waals surface area contributed by atoms with Crippen LogP contribution in [0.3, 0.4) is 0 Å². The number of rotatable bonds is 3. The maximum absolute atomic E-state index is 10.2. The van der Waals surface area contributed by atoms with E-state index >= 15 is 0 Å². The summed E-state index contributed by atoms with van der Waals surface area (Å²) in [7, 11) is -4.82. The maximum atomic E-state index is 10.2. The van der Waals surface area contributed by atoms with Gasteiger partial charge in [-0.2, -0.15) is 0 Å². The molecule has 0 saturated heterocycles. The molecule has 11 heavy (non-hydrogen) atoms. The largest absolute Gasteiger partial charge is 1.00 e. The van der Waals surface area contributed by atoms with Crippen LogP contribution >= 0.6 is 0 Å². The summed E-state index contributed by atoms with van der Waals surface area (Å²) < 4.78 is 29.4. The zero-order chi connectivity index (χ0) is 8.20. The molecule has 0 bridgehead atoms. The van der Waals surface area contributed by atoms with Crippen molar-refractivity contribution in [2.75, 3.05) is 0 Å². The Labute approximate surface area is 86.2 Å². The van der Waals surface area contributed by atoms with Gasteiger partial charge in [0.25, 0.3) is 0 Å². The molecule has 0 rings (SSSR count). The van der Waals surface area contributed by atoms with Gasteiger partial charge >= 0.3 is 29.6 Å². The summed E-state index contributed by atoms with van der Waals surface area (Å²) in [4.78, 5) is 19.8. The Hall–Kier alpha value is 0.250. The molecule has 7 heteroatoms. The zero-order valence-corrected chi connectivity index (χ0v) is 8.76. The van der Waals surface area contributed by atoms with Crippen molar-refractivity contribution in [1.82, 2.24) is 0 Å². The Bertz CT molecular complexity index is 231. The number of carbonyl (C=O) groups excluding carboxylic acids is 2. The summed E-state index contributed by atoms with van der Waals surface area (Å²) >= 11 is 0. The molecule has 0 aliphatic carbocycles. The molecule has 0 aliphatic heterocycles. The molecule has 0 saturated carbocycles. The Balaban J connectivity index is 0. The van der Waals surface area contributed by atoms with Crippen LogP contribution in [0.1, 0.15) is 12.8 Å². The fraction of sp³-hybridized carbons (Fsp3) is 0.500. The van der Waals surface area contributed by atoms with Crippen LogP contribution in [0, 0.1) is 0 Å².